The zero-order chi connectivity index (χ0) is 21.1. The van der Waals surface area contributed by atoms with Crippen LogP contribution < -0.4 is 20.4 Å². The molecule has 10 nitrogen and oxygen atoms in total. The molecule has 2 aromatic carbocycles. The minimum absolute atomic E-state index is 0.153. The molecule has 0 spiro atoms. The van der Waals surface area contributed by atoms with Gasteiger partial charge in [0.25, 0.3) is 11.6 Å². The van der Waals surface area contributed by atoms with E-state index < -0.39 is 10.8 Å². The molecule has 2 aliphatic rings. The van der Waals surface area contributed by atoms with Gasteiger partial charge >= 0.3 is 6.03 Å². The lowest BCUT2D eigenvalue weighted by Crippen LogP contribution is -2.37. The second-order valence-corrected chi connectivity index (χ2v) is 6.95. The van der Waals surface area contributed by atoms with Crippen LogP contribution in [0, 0.1) is 10.1 Å². The molecule has 2 heterocycles. The van der Waals surface area contributed by atoms with Gasteiger partial charge in [-0.05, 0) is 24.3 Å². The number of hydrogen-bond donors (Lipinski definition) is 2. The summed E-state index contributed by atoms with van der Waals surface area (Å²) in [5.74, 6) is -0.455. The van der Waals surface area contributed by atoms with Crippen LogP contribution in [0.15, 0.2) is 42.5 Å². The van der Waals surface area contributed by atoms with Gasteiger partial charge in [-0.25, -0.2) is 4.79 Å². The monoisotopic (exact) mass is 411 g/mol. The van der Waals surface area contributed by atoms with E-state index >= 15 is 0 Å². The molecule has 10 heteroatoms. The minimum Gasteiger partial charge on any atom is -0.378 e. The molecule has 0 aliphatic carbocycles. The summed E-state index contributed by atoms with van der Waals surface area (Å²) in [6.45, 7) is 3.35. The Morgan fingerprint density at radius 1 is 1.13 bits per heavy atom. The number of nitrogens with one attached hydrogen (secondary N) is 2. The normalized spacial score (nSPS) is 16.3. The first-order valence-electron chi connectivity index (χ1n) is 9.61. The highest BCUT2D eigenvalue weighted by atomic mass is 16.6. The number of non-ortho nitro benzene ring substituents is 1. The maximum Gasteiger partial charge on any atom is 0.321 e. The molecular formula is C20H21N5O5. The van der Waals surface area contributed by atoms with Crippen LogP contribution in [0.1, 0.15) is 10.4 Å². The van der Waals surface area contributed by atoms with Crippen molar-refractivity contribution in [1.29, 1.82) is 0 Å². The molecule has 156 valence electrons. The predicted octanol–water partition coefficient (Wildman–Crippen LogP) is 2.21. The topological polar surface area (TPSA) is 117 Å². The lowest BCUT2D eigenvalue weighted by Gasteiger charge is -2.30. The number of anilines is 3. The Morgan fingerprint density at radius 2 is 1.93 bits per heavy atom. The maximum absolute atomic E-state index is 13.1. The number of urea groups is 1. The summed E-state index contributed by atoms with van der Waals surface area (Å²) in [7, 11) is 0. The van der Waals surface area contributed by atoms with Crippen LogP contribution in [0.4, 0.5) is 27.5 Å². The van der Waals surface area contributed by atoms with Gasteiger partial charge in [0.05, 0.1) is 29.4 Å². The number of nitro groups is 1. The second-order valence-electron chi connectivity index (χ2n) is 6.95. The lowest BCUT2D eigenvalue weighted by atomic mass is 10.1. The average Bonchev–Trinajstić information content (AvgIpc) is 3.20. The number of carbonyl (C=O) groups is 2. The van der Waals surface area contributed by atoms with Crippen LogP contribution in [0.3, 0.4) is 0 Å². The Balaban J connectivity index is 1.61. The van der Waals surface area contributed by atoms with E-state index in [1.807, 2.05) is 4.90 Å². The van der Waals surface area contributed by atoms with Crippen molar-refractivity contribution in [2.24, 2.45) is 0 Å². The number of amides is 3. The van der Waals surface area contributed by atoms with Crippen LogP contribution >= 0.6 is 0 Å². The van der Waals surface area contributed by atoms with Gasteiger partial charge in [-0.2, -0.15) is 0 Å². The lowest BCUT2D eigenvalue weighted by molar-refractivity contribution is -0.384. The van der Waals surface area contributed by atoms with Crippen molar-refractivity contribution in [1.82, 2.24) is 5.32 Å². The molecule has 2 aliphatic heterocycles. The fraction of sp³-hybridized carbons (Fsp3) is 0.300. The van der Waals surface area contributed by atoms with Crippen molar-refractivity contribution in [3.8, 4) is 0 Å². The number of rotatable bonds is 5. The van der Waals surface area contributed by atoms with Crippen LogP contribution in [-0.2, 0) is 4.74 Å². The summed E-state index contributed by atoms with van der Waals surface area (Å²) in [5, 5.41) is 16.8. The maximum atomic E-state index is 13.1. The first-order chi connectivity index (χ1) is 14.5. The fourth-order valence-corrected chi connectivity index (χ4v) is 3.57. The zero-order valence-corrected chi connectivity index (χ0v) is 16.2. The number of nitro benzene ring substituents is 1. The van der Waals surface area contributed by atoms with E-state index in [9.17, 15) is 19.7 Å². The van der Waals surface area contributed by atoms with E-state index in [4.69, 9.17) is 4.74 Å². The smallest absolute Gasteiger partial charge is 0.321 e. The molecule has 4 rings (SSSR count). The SMILES string of the molecule is O=C(Nc1cccc(N2CCNC2=O)c1)c1cc([N+](=O)[O-])ccc1N1CCOCC1. The third kappa shape index (κ3) is 4.03. The van der Waals surface area contributed by atoms with Gasteiger partial charge in [0.2, 0.25) is 0 Å². The Bertz CT molecular complexity index is 989. The number of benzene rings is 2. The molecule has 2 fully saturated rings. The molecule has 3 amide bonds. The van der Waals surface area contributed by atoms with Gasteiger partial charge in [0.1, 0.15) is 0 Å². The van der Waals surface area contributed by atoms with Crippen LogP contribution in [0.2, 0.25) is 0 Å². The molecule has 0 bridgehead atoms. The predicted molar refractivity (Wildman–Crippen MR) is 111 cm³/mol. The Hall–Kier alpha value is -3.66. The number of morpholine rings is 1. The Labute approximate surface area is 172 Å². The van der Waals surface area contributed by atoms with Crippen molar-refractivity contribution < 1.29 is 19.2 Å². The number of carbonyl (C=O) groups excluding carboxylic acids is 2. The molecule has 0 aromatic heterocycles. The van der Waals surface area contributed by atoms with Crippen molar-refractivity contribution >= 4 is 34.7 Å². The Kier molecular flexibility index (Phi) is 5.48. The number of hydrogen-bond acceptors (Lipinski definition) is 6. The van der Waals surface area contributed by atoms with E-state index in [0.717, 1.165) is 0 Å². The summed E-state index contributed by atoms with van der Waals surface area (Å²) in [6.07, 6.45) is 0. The summed E-state index contributed by atoms with van der Waals surface area (Å²) in [6, 6.07) is 11.0. The molecule has 30 heavy (non-hydrogen) atoms. The van der Waals surface area contributed by atoms with Gasteiger partial charge in [-0.1, -0.05) is 6.07 Å². The van der Waals surface area contributed by atoms with Gasteiger partial charge in [-0.3, -0.25) is 19.8 Å². The van der Waals surface area contributed by atoms with E-state index in [1.165, 1.54) is 12.1 Å². The molecule has 0 atom stereocenters. The quantitative estimate of drug-likeness (QED) is 0.576. The zero-order valence-electron chi connectivity index (χ0n) is 16.2. The van der Waals surface area contributed by atoms with E-state index in [-0.39, 0.29) is 17.3 Å². The van der Waals surface area contributed by atoms with Crippen molar-refractivity contribution in [2.45, 2.75) is 0 Å². The van der Waals surface area contributed by atoms with Gasteiger partial charge in [0.15, 0.2) is 0 Å². The minimum atomic E-state index is -0.521. The number of ether oxygens (including phenoxy) is 1. The Morgan fingerprint density at radius 3 is 2.63 bits per heavy atom. The average molecular weight is 411 g/mol. The third-order valence-electron chi connectivity index (χ3n) is 5.06. The highest BCUT2D eigenvalue weighted by Gasteiger charge is 2.24. The third-order valence-corrected chi connectivity index (χ3v) is 5.06. The van der Waals surface area contributed by atoms with Crippen LogP contribution in [0.5, 0.6) is 0 Å². The summed E-state index contributed by atoms with van der Waals surface area (Å²) in [4.78, 5) is 39.2. The molecule has 0 unspecified atom stereocenters. The standard InChI is InChI=1S/C20H21N5O5/c26-19(22-14-2-1-3-15(12-14)24-7-6-21-20(24)27)17-13-16(25(28)29)4-5-18(17)23-8-10-30-11-9-23/h1-5,12-13H,6-11H2,(H,21,27)(H,22,26). The number of nitrogens with zero attached hydrogens (tertiary/aromatic N) is 3. The second kappa shape index (κ2) is 8.37. The molecule has 0 radical (unpaired) electrons. The molecule has 2 aromatic rings. The molecular weight excluding hydrogens is 390 g/mol. The first kappa shape index (κ1) is 19.6. The summed E-state index contributed by atoms with van der Waals surface area (Å²) >= 11 is 0. The highest BCUT2D eigenvalue weighted by Crippen LogP contribution is 2.28. The summed E-state index contributed by atoms with van der Waals surface area (Å²) in [5.41, 5.74) is 1.85. The first-order valence-corrected chi connectivity index (χ1v) is 9.61. The van der Waals surface area contributed by atoms with Crippen molar-refractivity contribution in [3.63, 3.8) is 0 Å². The van der Waals surface area contributed by atoms with Gasteiger partial charge in [0, 0.05) is 49.7 Å². The summed E-state index contributed by atoms with van der Waals surface area (Å²) < 4.78 is 5.36. The van der Waals surface area contributed by atoms with Crippen LogP contribution in [-0.4, -0.2) is 56.3 Å². The van der Waals surface area contributed by atoms with Gasteiger partial charge in [-0.15, -0.1) is 0 Å². The molecule has 2 saturated heterocycles. The largest absolute Gasteiger partial charge is 0.378 e. The highest BCUT2D eigenvalue weighted by molar-refractivity contribution is 6.09. The van der Waals surface area contributed by atoms with Crippen molar-refractivity contribution in [3.05, 3.63) is 58.1 Å². The molecule has 0 saturated carbocycles. The van der Waals surface area contributed by atoms with Gasteiger partial charge < -0.3 is 20.3 Å². The fourth-order valence-electron chi connectivity index (χ4n) is 3.57. The van der Waals surface area contributed by atoms with E-state index in [0.29, 0.717) is 56.5 Å². The van der Waals surface area contributed by atoms with E-state index in [2.05, 4.69) is 10.6 Å². The van der Waals surface area contributed by atoms with E-state index in [1.54, 1.807) is 35.2 Å². The molecule has 2 N–H and O–H groups in total. The van der Waals surface area contributed by atoms with Crippen molar-refractivity contribution in [2.75, 3.05) is 54.5 Å². The van der Waals surface area contributed by atoms with Crippen LogP contribution in [0.25, 0.3) is 0 Å².